The molecule has 18 heavy (non-hydrogen) atoms. The average Bonchev–Trinajstić information content (AvgIpc) is 2.36. The van der Waals surface area contributed by atoms with Crippen molar-refractivity contribution >= 4 is 11.9 Å². The van der Waals surface area contributed by atoms with Crippen molar-refractivity contribution in [2.24, 2.45) is 5.92 Å². The number of carbonyl (C=O) groups is 2. The lowest BCUT2D eigenvalue weighted by molar-refractivity contribution is -0.141. The van der Waals surface area contributed by atoms with Gasteiger partial charge in [0.25, 0.3) is 0 Å². The lowest BCUT2D eigenvalue weighted by Gasteiger charge is -2.10. The zero-order chi connectivity index (χ0) is 13.5. The molecule has 0 aliphatic rings. The molecular formula is C13H17NO4. The van der Waals surface area contributed by atoms with Crippen LogP contribution in [0.3, 0.4) is 0 Å². The predicted octanol–water partition coefficient (Wildman–Crippen LogP) is 1.07. The van der Waals surface area contributed by atoms with Gasteiger partial charge in [0.05, 0.1) is 19.4 Å². The summed E-state index contributed by atoms with van der Waals surface area (Å²) in [6, 6.07) is 7.24. The fraction of sp³-hybridized carbons (Fsp3) is 0.385. The third-order valence-corrected chi connectivity index (χ3v) is 2.57. The van der Waals surface area contributed by atoms with Crippen molar-refractivity contribution < 1.29 is 19.4 Å². The van der Waals surface area contributed by atoms with Crippen LogP contribution in [0.4, 0.5) is 0 Å². The van der Waals surface area contributed by atoms with Gasteiger partial charge in [-0.25, -0.2) is 0 Å². The molecular weight excluding hydrogens is 234 g/mol. The highest BCUT2D eigenvalue weighted by atomic mass is 16.5. The van der Waals surface area contributed by atoms with Gasteiger partial charge in [-0.05, 0) is 6.07 Å². The summed E-state index contributed by atoms with van der Waals surface area (Å²) in [5.74, 6) is -1.08. The van der Waals surface area contributed by atoms with Gasteiger partial charge in [-0.1, -0.05) is 25.1 Å². The van der Waals surface area contributed by atoms with Gasteiger partial charge in [0.15, 0.2) is 0 Å². The molecule has 0 radical (unpaired) electrons. The third kappa shape index (κ3) is 4.08. The molecule has 1 aromatic rings. The third-order valence-electron chi connectivity index (χ3n) is 2.57. The van der Waals surface area contributed by atoms with Crippen LogP contribution in [0.15, 0.2) is 24.3 Å². The molecule has 0 spiro atoms. The Kier molecular flexibility index (Phi) is 5.17. The van der Waals surface area contributed by atoms with E-state index in [9.17, 15) is 9.59 Å². The van der Waals surface area contributed by atoms with Crippen molar-refractivity contribution in [2.45, 2.75) is 13.3 Å². The summed E-state index contributed by atoms with van der Waals surface area (Å²) in [5.41, 5.74) is 0.778. The van der Waals surface area contributed by atoms with E-state index in [4.69, 9.17) is 9.84 Å². The Balaban J connectivity index is 2.52. The molecule has 0 aromatic heterocycles. The maximum atomic E-state index is 11.6. The van der Waals surface area contributed by atoms with E-state index in [-0.39, 0.29) is 18.9 Å². The van der Waals surface area contributed by atoms with E-state index in [0.29, 0.717) is 5.75 Å². The molecule has 98 valence electrons. The Hall–Kier alpha value is -2.04. The second-order valence-corrected chi connectivity index (χ2v) is 4.03. The van der Waals surface area contributed by atoms with E-state index in [1.54, 1.807) is 26.2 Å². The normalized spacial score (nSPS) is 11.7. The Labute approximate surface area is 106 Å². The van der Waals surface area contributed by atoms with Crippen molar-refractivity contribution in [3.63, 3.8) is 0 Å². The molecule has 0 heterocycles. The van der Waals surface area contributed by atoms with Crippen LogP contribution in [-0.2, 0) is 16.0 Å². The maximum Gasteiger partial charge on any atom is 0.308 e. The minimum atomic E-state index is -0.924. The second-order valence-electron chi connectivity index (χ2n) is 4.03. The lowest BCUT2D eigenvalue weighted by Crippen LogP contribution is -2.32. The zero-order valence-electron chi connectivity index (χ0n) is 10.5. The highest BCUT2D eigenvalue weighted by molar-refractivity contribution is 5.80. The Morgan fingerprint density at radius 2 is 2.06 bits per heavy atom. The maximum absolute atomic E-state index is 11.6. The molecule has 1 rings (SSSR count). The van der Waals surface area contributed by atoms with Crippen molar-refractivity contribution in [2.75, 3.05) is 13.7 Å². The first-order valence-corrected chi connectivity index (χ1v) is 5.66. The Morgan fingerprint density at radius 3 is 2.67 bits per heavy atom. The summed E-state index contributed by atoms with van der Waals surface area (Å²) in [6.45, 7) is 1.68. The number of rotatable bonds is 6. The lowest BCUT2D eigenvalue weighted by atomic mass is 10.1. The van der Waals surface area contributed by atoms with Gasteiger partial charge in [0, 0.05) is 12.1 Å². The van der Waals surface area contributed by atoms with Gasteiger partial charge in [-0.3, -0.25) is 9.59 Å². The molecule has 0 saturated heterocycles. The largest absolute Gasteiger partial charge is 0.496 e. The second kappa shape index (κ2) is 6.64. The van der Waals surface area contributed by atoms with Crippen molar-refractivity contribution in [1.82, 2.24) is 5.32 Å². The van der Waals surface area contributed by atoms with Crippen LogP contribution in [0.25, 0.3) is 0 Å². The number of amides is 1. The molecule has 1 unspecified atom stereocenters. The summed E-state index contributed by atoms with van der Waals surface area (Å²) in [7, 11) is 1.54. The van der Waals surface area contributed by atoms with E-state index in [2.05, 4.69) is 5.32 Å². The molecule has 5 heteroatoms. The number of methoxy groups -OCH3 is 1. The number of hydrogen-bond acceptors (Lipinski definition) is 3. The standard InChI is InChI=1S/C13H17NO4/c1-9(13(16)17)8-14-12(15)7-10-5-3-4-6-11(10)18-2/h3-6,9H,7-8H2,1-2H3,(H,14,15)(H,16,17). The molecule has 0 fully saturated rings. The number of ether oxygens (including phenoxy) is 1. The smallest absolute Gasteiger partial charge is 0.308 e. The van der Waals surface area contributed by atoms with E-state index < -0.39 is 11.9 Å². The van der Waals surface area contributed by atoms with E-state index >= 15 is 0 Å². The SMILES string of the molecule is COc1ccccc1CC(=O)NCC(C)C(=O)O. The van der Waals surface area contributed by atoms with Crippen molar-refractivity contribution in [1.29, 1.82) is 0 Å². The zero-order valence-corrected chi connectivity index (χ0v) is 10.5. The molecule has 0 aliphatic carbocycles. The van der Waals surface area contributed by atoms with Crippen molar-refractivity contribution in [3.8, 4) is 5.75 Å². The van der Waals surface area contributed by atoms with Crippen molar-refractivity contribution in [3.05, 3.63) is 29.8 Å². The Bertz CT molecular complexity index is 431. The fourth-order valence-corrected chi connectivity index (χ4v) is 1.44. The average molecular weight is 251 g/mol. The highest BCUT2D eigenvalue weighted by Gasteiger charge is 2.13. The quantitative estimate of drug-likeness (QED) is 0.793. The van der Waals surface area contributed by atoms with Crippen LogP contribution < -0.4 is 10.1 Å². The fourth-order valence-electron chi connectivity index (χ4n) is 1.44. The molecule has 0 aliphatic heterocycles. The van der Waals surface area contributed by atoms with Gasteiger partial charge < -0.3 is 15.2 Å². The first-order valence-electron chi connectivity index (χ1n) is 5.66. The van der Waals surface area contributed by atoms with Gasteiger partial charge in [-0.15, -0.1) is 0 Å². The van der Waals surface area contributed by atoms with Crippen LogP contribution in [-0.4, -0.2) is 30.6 Å². The Morgan fingerprint density at radius 1 is 1.39 bits per heavy atom. The van der Waals surface area contributed by atoms with E-state index in [1.807, 2.05) is 12.1 Å². The summed E-state index contributed by atoms with van der Waals surface area (Å²) in [6.07, 6.45) is 0.177. The molecule has 0 bridgehead atoms. The predicted molar refractivity (Wildman–Crippen MR) is 66.5 cm³/mol. The molecule has 1 atom stereocenters. The first kappa shape index (κ1) is 14.0. The number of hydrogen-bond donors (Lipinski definition) is 2. The van der Waals surface area contributed by atoms with Crippen LogP contribution in [0.2, 0.25) is 0 Å². The number of aliphatic carboxylic acids is 1. The number of carboxylic acid groups (broad SMARTS) is 1. The highest BCUT2D eigenvalue weighted by Crippen LogP contribution is 2.17. The summed E-state index contributed by atoms with van der Waals surface area (Å²) in [4.78, 5) is 22.2. The molecule has 5 nitrogen and oxygen atoms in total. The van der Waals surface area contributed by atoms with Crippen LogP contribution >= 0.6 is 0 Å². The number of nitrogens with one attached hydrogen (secondary N) is 1. The molecule has 1 aromatic carbocycles. The summed E-state index contributed by atoms with van der Waals surface area (Å²) < 4.78 is 5.14. The van der Waals surface area contributed by atoms with Gasteiger partial charge >= 0.3 is 5.97 Å². The molecule has 0 saturated carbocycles. The van der Waals surface area contributed by atoms with E-state index in [0.717, 1.165) is 5.56 Å². The van der Waals surface area contributed by atoms with Gasteiger partial charge in [0.1, 0.15) is 5.75 Å². The number of carboxylic acids is 1. The van der Waals surface area contributed by atoms with E-state index in [1.165, 1.54) is 0 Å². The number of para-hydroxylation sites is 1. The van der Waals surface area contributed by atoms with Gasteiger partial charge in [0.2, 0.25) is 5.91 Å². The van der Waals surface area contributed by atoms with Crippen LogP contribution in [0.1, 0.15) is 12.5 Å². The number of carbonyl (C=O) groups excluding carboxylic acids is 1. The topological polar surface area (TPSA) is 75.6 Å². The summed E-state index contributed by atoms with van der Waals surface area (Å²) in [5, 5.41) is 11.3. The molecule has 1 amide bonds. The summed E-state index contributed by atoms with van der Waals surface area (Å²) >= 11 is 0. The minimum Gasteiger partial charge on any atom is -0.496 e. The first-order chi connectivity index (χ1) is 8.54. The minimum absolute atomic E-state index is 0.128. The number of benzene rings is 1. The molecule has 2 N–H and O–H groups in total. The monoisotopic (exact) mass is 251 g/mol. The van der Waals surface area contributed by atoms with Crippen LogP contribution in [0, 0.1) is 5.92 Å². The van der Waals surface area contributed by atoms with Crippen LogP contribution in [0.5, 0.6) is 5.75 Å². The van der Waals surface area contributed by atoms with Gasteiger partial charge in [-0.2, -0.15) is 0 Å².